The van der Waals surface area contributed by atoms with Gasteiger partial charge >= 0.3 is 17.9 Å². The molecular weight excluding hydrogens is 741 g/mol. The first-order valence-electron chi connectivity index (χ1n) is 21.3. The molecule has 2 bridgehead atoms. The molecule has 0 amide bonds. The molecule has 3 saturated heterocycles. The Bertz CT molecular complexity index is 1860. The molecule has 304 valence electrons. The van der Waals surface area contributed by atoms with E-state index in [0.717, 1.165) is 61.6 Å². The Balaban J connectivity index is 0.928. The number of esters is 3. The Morgan fingerprint density at radius 3 is 2.16 bits per heavy atom. The third-order valence-electron chi connectivity index (χ3n) is 13.5. The number of rotatable bonds is 16. The zero-order chi connectivity index (χ0) is 39.5. The Morgan fingerprint density at radius 1 is 0.825 bits per heavy atom. The summed E-state index contributed by atoms with van der Waals surface area (Å²) < 4.78 is 35.5. The number of ether oxygens (including phenoxy) is 4. The van der Waals surface area contributed by atoms with Crippen LogP contribution in [0.15, 0.2) is 66.7 Å². The number of quaternary nitrogens is 2. The van der Waals surface area contributed by atoms with Crippen LogP contribution in [-0.2, 0) is 34.2 Å². The molecule has 4 aliphatic heterocycles. The maximum atomic E-state index is 14.8. The lowest BCUT2D eigenvalue weighted by molar-refractivity contribution is -0.956. The van der Waals surface area contributed by atoms with Gasteiger partial charge in [0.25, 0.3) is 11.5 Å². The normalized spacial score (nSPS) is 27.4. The number of benzene rings is 2. The van der Waals surface area contributed by atoms with Crippen molar-refractivity contribution in [3.8, 4) is 5.88 Å². The van der Waals surface area contributed by atoms with Crippen LogP contribution in [0.5, 0.6) is 5.88 Å². The van der Waals surface area contributed by atoms with Gasteiger partial charge in [-0.1, -0.05) is 92.9 Å². The molecule has 1 aliphatic carbocycles. The fraction of sp³-hybridized carbons (Fsp3) is 0.578. The second-order valence-corrected chi connectivity index (χ2v) is 17.9. The standard InChI is InChI=1S/C45H58N4O7S/c1-3-4-5-14-26-53-41-40(46-57-47-41)32-16-15-23-48(2,30-32)31-54-42(50)38-29-39(38)43(51)56-45(33-17-8-6-9-18-33,34-19-10-7-11-20-34)44(52)55-37-27-35-21-22-36(28-37)49(35)24-12-13-25-49/h6-11,16-20,35-39H,3-5,12-15,21-31H2,1-2H3/q+2/t35?,36?,37?,38?,39-,48?/m0/s1. The summed E-state index contributed by atoms with van der Waals surface area (Å²) >= 11 is 1.15. The summed E-state index contributed by atoms with van der Waals surface area (Å²) in [5.74, 6) is -2.41. The molecule has 1 aromatic heterocycles. The van der Waals surface area contributed by atoms with Gasteiger partial charge in [-0.05, 0) is 12.8 Å². The van der Waals surface area contributed by atoms with Crippen molar-refractivity contribution in [1.29, 1.82) is 0 Å². The molecule has 5 heterocycles. The van der Waals surface area contributed by atoms with Crippen molar-refractivity contribution in [2.75, 3.05) is 46.6 Å². The average Bonchev–Trinajstić information content (AvgIpc) is 3.57. The zero-order valence-corrected chi connectivity index (χ0v) is 34.3. The summed E-state index contributed by atoms with van der Waals surface area (Å²) in [4.78, 5) is 42.5. The smallest absolute Gasteiger partial charge is 0.360 e. The van der Waals surface area contributed by atoms with Crippen molar-refractivity contribution < 1.29 is 42.3 Å². The van der Waals surface area contributed by atoms with Gasteiger partial charge in [-0.15, -0.1) is 4.37 Å². The number of carbonyl (C=O) groups excluding carboxylic acids is 3. The molecule has 12 heteroatoms. The van der Waals surface area contributed by atoms with Crippen molar-refractivity contribution in [2.45, 2.75) is 108 Å². The quantitative estimate of drug-likeness (QED) is 0.0643. The molecule has 1 saturated carbocycles. The predicted octanol–water partition coefficient (Wildman–Crippen LogP) is 7.20. The first-order valence-corrected chi connectivity index (χ1v) is 22.0. The number of hydrogen-bond donors (Lipinski definition) is 0. The van der Waals surface area contributed by atoms with Crippen LogP contribution < -0.4 is 4.74 Å². The number of nitrogens with zero attached hydrogens (tertiary/aromatic N) is 4. The van der Waals surface area contributed by atoms with Gasteiger partial charge in [-0.25, -0.2) is 4.79 Å². The van der Waals surface area contributed by atoms with E-state index in [-0.39, 0.29) is 12.8 Å². The van der Waals surface area contributed by atoms with E-state index in [0.29, 0.717) is 53.1 Å². The van der Waals surface area contributed by atoms with Crippen molar-refractivity contribution >= 4 is 35.2 Å². The van der Waals surface area contributed by atoms with E-state index in [4.69, 9.17) is 18.9 Å². The summed E-state index contributed by atoms with van der Waals surface area (Å²) in [7, 11) is 2.06. The van der Waals surface area contributed by atoms with Gasteiger partial charge in [0.15, 0.2) is 0 Å². The number of piperidine rings is 1. The summed E-state index contributed by atoms with van der Waals surface area (Å²) in [5.41, 5.74) is 1.01. The summed E-state index contributed by atoms with van der Waals surface area (Å²) in [5, 5.41) is 0. The van der Waals surface area contributed by atoms with Gasteiger partial charge in [-0.2, -0.15) is 4.37 Å². The second kappa shape index (κ2) is 17.0. The Labute approximate surface area is 340 Å². The number of carbonyl (C=O) groups is 3. The molecule has 4 unspecified atom stereocenters. The minimum atomic E-state index is -1.83. The van der Waals surface area contributed by atoms with E-state index in [1.54, 1.807) is 0 Å². The van der Waals surface area contributed by atoms with Crippen LogP contribution in [0.3, 0.4) is 0 Å². The number of aromatic nitrogens is 2. The van der Waals surface area contributed by atoms with Crippen LogP contribution in [-0.4, -0.2) is 100 Å². The SMILES string of the molecule is CCCCCCOc1nsnc1C1=CCC[N+](C)(COC(=O)C2C[C@@H]2C(=O)OC(C(=O)OC2CC3CCC(C2)[N+]32CCCC2)(c2ccccc2)c2ccccc2)C1. The highest BCUT2D eigenvalue weighted by Gasteiger charge is 2.59. The Kier molecular flexibility index (Phi) is 11.8. The van der Waals surface area contributed by atoms with Crippen molar-refractivity contribution in [2.24, 2.45) is 11.8 Å². The maximum absolute atomic E-state index is 14.8. The highest BCUT2D eigenvalue weighted by molar-refractivity contribution is 6.99. The molecule has 57 heavy (non-hydrogen) atoms. The molecule has 5 aliphatic rings. The van der Waals surface area contributed by atoms with E-state index < -0.39 is 35.3 Å². The minimum absolute atomic E-state index is 0.160. The van der Waals surface area contributed by atoms with E-state index in [2.05, 4.69) is 28.8 Å². The van der Waals surface area contributed by atoms with Gasteiger partial charge in [0.2, 0.25) is 6.73 Å². The van der Waals surface area contributed by atoms with Crippen LogP contribution in [0.25, 0.3) is 5.57 Å². The topological polar surface area (TPSA) is 114 Å². The van der Waals surface area contributed by atoms with Gasteiger partial charge < -0.3 is 23.4 Å². The lowest BCUT2D eigenvalue weighted by Gasteiger charge is -2.47. The molecule has 0 N–H and O–H groups in total. The highest BCUT2D eigenvalue weighted by atomic mass is 32.1. The van der Waals surface area contributed by atoms with Gasteiger partial charge in [0.1, 0.15) is 18.3 Å². The molecule has 0 radical (unpaired) electrons. The van der Waals surface area contributed by atoms with Crippen molar-refractivity contribution in [1.82, 2.24) is 8.75 Å². The summed E-state index contributed by atoms with van der Waals surface area (Å²) in [6.45, 7) is 6.82. The zero-order valence-electron chi connectivity index (χ0n) is 33.5. The van der Waals surface area contributed by atoms with E-state index >= 15 is 0 Å². The molecule has 3 aromatic rings. The van der Waals surface area contributed by atoms with E-state index in [9.17, 15) is 14.4 Å². The fourth-order valence-electron chi connectivity index (χ4n) is 10.3. The monoisotopic (exact) mass is 798 g/mol. The third-order valence-corrected chi connectivity index (χ3v) is 14.0. The van der Waals surface area contributed by atoms with Crippen LogP contribution in [0.2, 0.25) is 0 Å². The maximum Gasteiger partial charge on any atom is 0.360 e. The molecular formula is C45H58N4O7S+2. The van der Waals surface area contributed by atoms with Gasteiger partial charge in [0, 0.05) is 61.6 Å². The molecule has 4 fully saturated rings. The first-order chi connectivity index (χ1) is 27.7. The summed E-state index contributed by atoms with van der Waals surface area (Å²) in [6.07, 6.45) is 14.0. The van der Waals surface area contributed by atoms with Crippen LogP contribution in [0.1, 0.15) is 101 Å². The number of hydrogen-bond acceptors (Lipinski definition) is 10. The lowest BCUT2D eigenvalue weighted by atomic mass is 9.85. The van der Waals surface area contributed by atoms with Crippen LogP contribution in [0.4, 0.5) is 0 Å². The Morgan fingerprint density at radius 2 is 1.49 bits per heavy atom. The molecule has 5 atom stereocenters. The first kappa shape index (κ1) is 39.7. The minimum Gasteiger partial charge on any atom is -0.475 e. The van der Waals surface area contributed by atoms with Crippen molar-refractivity contribution in [3.63, 3.8) is 0 Å². The van der Waals surface area contributed by atoms with Crippen LogP contribution in [0, 0.1) is 11.8 Å². The Hall–Kier alpha value is -4.13. The predicted molar refractivity (Wildman–Crippen MR) is 216 cm³/mol. The van der Waals surface area contributed by atoms with Gasteiger partial charge in [0.05, 0.1) is 68.9 Å². The highest BCUT2D eigenvalue weighted by Crippen LogP contribution is 2.48. The molecule has 11 nitrogen and oxygen atoms in total. The molecule has 8 rings (SSSR count). The molecule has 1 spiro atoms. The van der Waals surface area contributed by atoms with E-state index in [1.807, 2.05) is 60.7 Å². The number of likely N-dealkylation sites (N-methyl/N-ethyl adjacent to an activating group) is 1. The number of unbranched alkanes of at least 4 members (excludes halogenated alkanes) is 3. The fourth-order valence-corrected chi connectivity index (χ4v) is 10.8. The van der Waals surface area contributed by atoms with Crippen molar-refractivity contribution in [3.05, 3.63) is 83.6 Å². The van der Waals surface area contributed by atoms with Crippen LogP contribution >= 0.6 is 11.7 Å². The second-order valence-electron chi connectivity index (χ2n) is 17.4. The average molecular weight is 799 g/mol. The lowest BCUT2D eigenvalue weighted by Crippen LogP contribution is -2.60. The largest absolute Gasteiger partial charge is 0.475 e. The van der Waals surface area contributed by atoms with Gasteiger partial charge in [-0.3, -0.25) is 14.1 Å². The van der Waals surface area contributed by atoms with E-state index in [1.165, 1.54) is 56.1 Å². The summed E-state index contributed by atoms with van der Waals surface area (Å²) in [6, 6.07) is 19.4. The third kappa shape index (κ3) is 8.14. The molecule has 2 aromatic carbocycles.